The molecule has 2 unspecified atom stereocenters. The number of carbonyl (C=O) groups excluding carboxylic acids is 1. The van der Waals surface area contributed by atoms with E-state index in [0.29, 0.717) is 12.0 Å². The Labute approximate surface area is 110 Å². The lowest BCUT2D eigenvalue weighted by molar-refractivity contribution is -0.123. The van der Waals surface area contributed by atoms with E-state index in [0.717, 1.165) is 39.0 Å². The summed E-state index contributed by atoms with van der Waals surface area (Å²) in [5.74, 6) is 0.721. The van der Waals surface area contributed by atoms with Gasteiger partial charge in [0, 0.05) is 19.2 Å². The quantitative estimate of drug-likeness (QED) is 0.781. The van der Waals surface area contributed by atoms with Gasteiger partial charge in [0.1, 0.15) is 0 Å². The number of nitrogens with one attached hydrogen (secondary N) is 2. The smallest absolute Gasteiger partial charge is 0.237 e. The van der Waals surface area contributed by atoms with Crippen molar-refractivity contribution < 1.29 is 9.53 Å². The molecule has 1 aliphatic carbocycles. The highest BCUT2D eigenvalue weighted by atomic mass is 16.5. The zero-order valence-corrected chi connectivity index (χ0v) is 11.4. The average molecular weight is 254 g/mol. The summed E-state index contributed by atoms with van der Waals surface area (Å²) >= 11 is 0. The molecule has 2 N–H and O–H groups in total. The number of rotatable bonds is 5. The molecule has 1 saturated heterocycles. The lowest BCUT2D eigenvalue weighted by Crippen LogP contribution is -2.47. The number of hydrogen-bond acceptors (Lipinski definition) is 3. The van der Waals surface area contributed by atoms with Crippen molar-refractivity contribution in [1.82, 2.24) is 10.6 Å². The molecule has 0 radical (unpaired) electrons. The van der Waals surface area contributed by atoms with E-state index in [-0.39, 0.29) is 11.9 Å². The summed E-state index contributed by atoms with van der Waals surface area (Å²) in [5.41, 5.74) is 0. The Bertz CT molecular complexity index is 259. The fourth-order valence-electron chi connectivity index (χ4n) is 2.80. The van der Waals surface area contributed by atoms with E-state index < -0.39 is 0 Å². The molecule has 4 nitrogen and oxygen atoms in total. The first-order chi connectivity index (χ1) is 8.75. The minimum Gasteiger partial charge on any atom is -0.381 e. The number of ether oxygens (including phenoxy) is 1. The summed E-state index contributed by atoms with van der Waals surface area (Å²) in [6.45, 7) is 4.57. The van der Waals surface area contributed by atoms with E-state index in [1.807, 2.05) is 6.92 Å². The summed E-state index contributed by atoms with van der Waals surface area (Å²) in [6.07, 6.45) is 7.17. The summed E-state index contributed by atoms with van der Waals surface area (Å²) in [5, 5.41) is 6.47. The summed E-state index contributed by atoms with van der Waals surface area (Å²) in [6, 6.07) is 0.326. The van der Waals surface area contributed by atoms with Gasteiger partial charge in [-0.3, -0.25) is 4.79 Å². The number of carbonyl (C=O) groups is 1. The molecule has 2 atom stereocenters. The Morgan fingerprint density at radius 3 is 2.72 bits per heavy atom. The Balaban J connectivity index is 1.63. The summed E-state index contributed by atoms with van der Waals surface area (Å²) < 4.78 is 5.44. The molecule has 1 aliphatic heterocycles. The van der Waals surface area contributed by atoms with Crippen molar-refractivity contribution in [3.8, 4) is 0 Å². The highest BCUT2D eigenvalue weighted by Crippen LogP contribution is 2.17. The van der Waals surface area contributed by atoms with Gasteiger partial charge in [-0.05, 0) is 38.5 Å². The highest BCUT2D eigenvalue weighted by Gasteiger charge is 2.21. The van der Waals surface area contributed by atoms with Gasteiger partial charge in [-0.15, -0.1) is 0 Å². The number of amides is 1. The van der Waals surface area contributed by atoms with Crippen LogP contribution in [0, 0.1) is 5.92 Å². The maximum absolute atomic E-state index is 12.0. The van der Waals surface area contributed by atoms with Crippen molar-refractivity contribution in [1.29, 1.82) is 0 Å². The van der Waals surface area contributed by atoms with Crippen molar-refractivity contribution in [3.63, 3.8) is 0 Å². The van der Waals surface area contributed by atoms with Crippen molar-refractivity contribution >= 4 is 5.91 Å². The predicted octanol–water partition coefficient (Wildman–Crippen LogP) is 1.45. The van der Waals surface area contributed by atoms with E-state index in [9.17, 15) is 4.79 Å². The van der Waals surface area contributed by atoms with Gasteiger partial charge in [0.15, 0.2) is 0 Å². The van der Waals surface area contributed by atoms with Crippen molar-refractivity contribution in [2.45, 2.75) is 57.5 Å². The van der Waals surface area contributed by atoms with Gasteiger partial charge < -0.3 is 15.4 Å². The van der Waals surface area contributed by atoms with E-state index >= 15 is 0 Å². The summed E-state index contributed by atoms with van der Waals surface area (Å²) in [7, 11) is 0. The van der Waals surface area contributed by atoms with Crippen molar-refractivity contribution in [2.24, 2.45) is 5.92 Å². The second-order valence-electron chi connectivity index (χ2n) is 5.70. The van der Waals surface area contributed by atoms with Gasteiger partial charge >= 0.3 is 0 Å². The zero-order chi connectivity index (χ0) is 12.8. The molecule has 0 aromatic rings. The van der Waals surface area contributed by atoms with E-state index in [1.165, 1.54) is 19.3 Å². The van der Waals surface area contributed by atoms with Gasteiger partial charge in [0.25, 0.3) is 0 Å². The van der Waals surface area contributed by atoms with Crippen LogP contribution in [0.1, 0.15) is 45.4 Å². The number of hydrogen-bond donors (Lipinski definition) is 2. The van der Waals surface area contributed by atoms with E-state index in [4.69, 9.17) is 4.74 Å². The molecular weight excluding hydrogens is 228 g/mol. The first-order valence-corrected chi connectivity index (χ1v) is 7.37. The highest BCUT2D eigenvalue weighted by molar-refractivity contribution is 5.81. The normalized spacial score (nSPS) is 27.1. The molecule has 2 rings (SSSR count). The second-order valence-corrected chi connectivity index (χ2v) is 5.70. The molecule has 0 aromatic carbocycles. The molecule has 2 fully saturated rings. The monoisotopic (exact) mass is 254 g/mol. The van der Waals surface area contributed by atoms with Crippen LogP contribution in [0.5, 0.6) is 0 Å². The molecule has 2 aliphatic rings. The minimum atomic E-state index is -0.0903. The van der Waals surface area contributed by atoms with Crippen LogP contribution in [0.25, 0.3) is 0 Å². The van der Waals surface area contributed by atoms with Gasteiger partial charge in [-0.1, -0.05) is 12.8 Å². The predicted molar refractivity (Wildman–Crippen MR) is 71.4 cm³/mol. The van der Waals surface area contributed by atoms with Gasteiger partial charge in [0.2, 0.25) is 5.91 Å². The fourth-order valence-corrected chi connectivity index (χ4v) is 2.80. The topological polar surface area (TPSA) is 50.4 Å². The van der Waals surface area contributed by atoms with Gasteiger partial charge in [0.05, 0.1) is 12.6 Å². The molecule has 1 amide bonds. The molecule has 1 heterocycles. The van der Waals surface area contributed by atoms with Crippen LogP contribution in [-0.4, -0.2) is 37.7 Å². The van der Waals surface area contributed by atoms with Crippen LogP contribution >= 0.6 is 0 Å². The minimum absolute atomic E-state index is 0.0903. The SMILES string of the molecule is CC(NCC1CCCOC1)C(=O)NC1CCCC1. The second kappa shape index (κ2) is 7.10. The Morgan fingerprint density at radius 2 is 2.06 bits per heavy atom. The fraction of sp³-hybridized carbons (Fsp3) is 0.929. The van der Waals surface area contributed by atoms with Crippen LogP contribution in [0.15, 0.2) is 0 Å². The average Bonchev–Trinajstić information content (AvgIpc) is 2.90. The standard InChI is InChI=1S/C14H26N2O2/c1-11(14(17)16-13-6-2-3-7-13)15-9-12-5-4-8-18-10-12/h11-13,15H,2-10H2,1H3,(H,16,17). The van der Waals surface area contributed by atoms with Crippen LogP contribution in [0.4, 0.5) is 0 Å². The molecular formula is C14H26N2O2. The van der Waals surface area contributed by atoms with Crippen molar-refractivity contribution in [2.75, 3.05) is 19.8 Å². The molecule has 0 aromatic heterocycles. The molecule has 0 bridgehead atoms. The molecule has 18 heavy (non-hydrogen) atoms. The Morgan fingerprint density at radius 1 is 1.28 bits per heavy atom. The third-order valence-electron chi connectivity index (χ3n) is 4.06. The Hall–Kier alpha value is -0.610. The van der Waals surface area contributed by atoms with Crippen LogP contribution in [0.2, 0.25) is 0 Å². The van der Waals surface area contributed by atoms with Gasteiger partial charge in [-0.25, -0.2) is 0 Å². The van der Waals surface area contributed by atoms with Gasteiger partial charge in [-0.2, -0.15) is 0 Å². The van der Waals surface area contributed by atoms with E-state index in [1.54, 1.807) is 0 Å². The Kier molecular flexibility index (Phi) is 5.45. The molecule has 104 valence electrons. The zero-order valence-electron chi connectivity index (χ0n) is 11.4. The maximum atomic E-state index is 12.0. The van der Waals surface area contributed by atoms with Crippen molar-refractivity contribution in [3.05, 3.63) is 0 Å². The van der Waals surface area contributed by atoms with Crippen LogP contribution < -0.4 is 10.6 Å². The first kappa shape index (κ1) is 13.8. The summed E-state index contributed by atoms with van der Waals surface area (Å²) in [4.78, 5) is 12.0. The van der Waals surface area contributed by atoms with E-state index in [2.05, 4.69) is 10.6 Å². The first-order valence-electron chi connectivity index (χ1n) is 7.37. The molecule has 1 saturated carbocycles. The maximum Gasteiger partial charge on any atom is 0.237 e. The third kappa shape index (κ3) is 4.25. The lowest BCUT2D eigenvalue weighted by Gasteiger charge is -2.24. The third-order valence-corrected chi connectivity index (χ3v) is 4.06. The molecule has 0 spiro atoms. The molecule has 4 heteroatoms. The lowest BCUT2D eigenvalue weighted by atomic mass is 10.0. The van der Waals surface area contributed by atoms with Crippen LogP contribution in [-0.2, 0) is 9.53 Å². The van der Waals surface area contributed by atoms with Crippen LogP contribution in [0.3, 0.4) is 0 Å². The largest absolute Gasteiger partial charge is 0.381 e.